The van der Waals surface area contributed by atoms with Gasteiger partial charge in [0.05, 0.1) is 5.38 Å². The van der Waals surface area contributed by atoms with Crippen molar-refractivity contribution in [2.24, 2.45) is 0 Å². The molecule has 0 rings (SSSR count). The molecule has 8 heavy (non-hydrogen) atoms. The van der Waals surface area contributed by atoms with Gasteiger partial charge in [-0.3, -0.25) is 0 Å². The fourth-order valence-corrected chi connectivity index (χ4v) is 0.252. The predicted octanol–water partition coefficient (Wildman–Crippen LogP) is 2.76. The smallest absolute Gasteiger partial charge is 0.134 e. The maximum atomic E-state index is 11.6. The molecule has 1 atom stereocenters. The predicted molar refractivity (Wildman–Crippen MR) is 35.7 cm³/mol. The molecule has 0 radical (unpaired) electrons. The SMILES string of the molecule is CC(Cl)(Cl)C(Cl)CF. The Morgan fingerprint density at radius 3 is 2.00 bits per heavy atom. The van der Waals surface area contributed by atoms with Crippen molar-refractivity contribution in [3.8, 4) is 0 Å². The number of hydrogen-bond acceptors (Lipinski definition) is 0. The minimum absolute atomic E-state index is 0.703. The van der Waals surface area contributed by atoms with E-state index >= 15 is 0 Å². The van der Waals surface area contributed by atoms with Crippen molar-refractivity contribution in [2.75, 3.05) is 6.67 Å². The van der Waals surface area contributed by atoms with Crippen LogP contribution in [0.25, 0.3) is 0 Å². The van der Waals surface area contributed by atoms with Crippen LogP contribution in [0, 0.1) is 0 Å². The summed E-state index contributed by atoms with van der Waals surface area (Å²) in [7, 11) is 0. The average molecular weight is 179 g/mol. The summed E-state index contributed by atoms with van der Waals surface area (Å²) in [4.78, 5) is 0. The highest BCUT2D eigenvalue weighted by molar-refractivity contribution is 6.52. The van der Waals surface area contributed by atoms with E-state index in [1.54, 1.807) is 0 Å². The van der Waals surface area contributed by atoms with Gasteiger partial charge in [0.25, 0.3) is 0 Å². The first-order valence-corrected chi connectivity index (χ1v) is 3.25. The van der Waals surface area contributed by atoms with Crippen molar-refractivity contribution in [2.45, 2.75) is 16.6 Å². The molecule has 0 aliphatic heterocycles. The van der Waals surface area contributed by atoms with Gasteiger partial charge in [-0.1, -0.05) is 0 Å². The van der Waals surface area contributed by atoms with Crippen LogP contribution in [-0.2, 0) is 0 Å². The van der Waals surface area contributed by atoms with Crippen LogP contribution in [0.15, 0.2) is 0 Å². The largest absolute Gasteiger partial charge is 0.249 e. The minimum atomic E-state index is -1.16. The summed E-state index contributed by atoms with van der Waals surface area (Å²) in [6, 6.07) is 0. The van der Waals surface area contributed by atoms with Gasteiger partial charge < -0.3 is 0 Å². The molecule has 0 aromatic carbocycles. The quantitative estimate of drug-likeness (QED) is 0.572. The molecule has 0 saturated heterocycles. The van der Waals surface area contributed by atoms with Crippen molar-refractivity contribution in [3.05, 3.63) is 0 Å². The maximum absolute atomic E-state index is 11.6. The molecule has 50 valence electrons. The molecule has 4 heteroatoms. The molecule has 0 heterocycles. The Morgan fingerprint density at radius 1 is 1.62 bits per heavy atom. The maximum Gasteiger partial charge on any atom is 0.134 e. The van der Waals surface area contributed by atoms with Gasteiger partial charge in [0, 0.05) is 0 Å². The second kappa shape index (κ2) is 3.09. The Labute approximate surface area is 62.9 Å². The van der Waals surface area contributed by atoms with Crippen molar-refractivity contribution in [1.82, 2.24) is 0 Å². The Balaban J connectivity index is 3.62. The van der Waals surface area contributed by atoms with Gasteiger partial charge in [0.1, 0.15) is 11.0 Å². The van der Waals surface area contributed by atoms with Crippen LogP contribution >= 0.6 is 34.8 Å². The number of hydrogen-bond donors (Lipinski definition) is 0. The van der Waals surface area contributed by atoms with Crippen molar-refractivity contribution < 1.29 is 4.39 Å². The van der Waals surface area contributed by atoms with Crippen LogP contribution in [0.5, 0.6) is 0 Å². The first-order chi connectivity index (χ1) is 3.48. The van der Waals surface area contributed by atoms with E-state index in [0.29, 0.717) is 0 Å². The zero-order valence-corrected chi connectivity index (χ0v) is 6.56. The van der Waals surface area contributed by atoms with E-state index < -0.39 is 16.4 Å². The first kappa shape index (κ1) is 8.80. The zero-order chi connectivity index (χ0) is 6.78. The van der Waals surface area contributed by atoms with Gasteiger partial charge >= 0.3 is 0 Å². The molecule has 0 saturated carbocycles. The van der Waals surface area contributed by atoms with Crippen LogP contribution in [0.1, 0.15) is 6.92 Å². The molecule has 0 aliphatic rings. The molecule has 0 N–H and O–H groups in total. The second-order valence-corrected chi connectivity index (χ2v) is 3.87. The molecule has 1 unspecified atom stereocenters. The lowest BCUT2D eigenvalue weighted by atomic mass is 10.3. The lowest BCUT2D eigenvalue weighted by molar-refractivity contribution is 0.466. The summed E-state index contributed by atoms with van der Waals surface area (Å²) in [5.74, 6) is 0. The molecular formula is C4H6Cl3F. The molecule has 0 fully saturated rings. The van der Waals surface area contributed by atoms with E-state index in [9.17, 15) is 4.39 Å². The van der Waals surface area contributed by atoms with E-state index in [0.717, 1.165) is 0 Å². The number of alkyl halides is 4. The van der Waals surface area contributed by atoms with Crippen LogP contribution in [0.3, 0.4) is 0 Å². The van der Waals surface area contributed by atoms with E-state index in [2.05, 4.69) is 0 Å². The van der Waals surface area contributed by atoms with Crippen molar-refractivity contribution in [1.29, 1.82) is 0 Å². The van der Waals surface area contributed by atoms with Crippen molar-refractivity contribution in [3.63, 3.8) is 0 Å². The summed E-state index contributed by atoms with van der Waals surface area (Å²) in [6.45, 7) is 0.748. The monoisotopic (exact) mass is 178 g/mol. The molecule has 0 aliphatic carbocycles. The highest BCUT2D eigenvalue weighted by atomic mass is 35.5. The van der Waals surface area contributed by atoms with E-state index in [1.807, 2.05) is 0 Å². The topological polar surface area (TPSA) is 0 Å². The Kier molecular flexibility index (Phi) is 3.40. The fourth-order valence-electron chi connectivity index (χ4n) is 0.135. The summed E-state index contributed by atoms with van der Waals surface area (Å²) < 4.78 is 10.4. The molecule has 0 amide bonds. The summed E-state index contributed by atoms with van der Waals surface area (Å²) in [5, 5.41) is -0.814. The molecule has 0 aromatic rings. The Hall–Kier alpha value is 0.800. The standard InChI is InChI=1S/C4H6Cl3F/c1-4(6,7)3(5)2-8/h3H,2H2,1H3. The third-order valence-electron chi connectivity index (χ3n) is 0.685. The van der Waals surface area contributed by atoms with Crippen LogP contribution < -0.4 is 0 Å². The lowest BCUT2D eigenvalue weighted by Crippen LogP contribution is -2.23. The van der Waals surface area contributed by atoms with Crippen molar-refractivity contribution >= 4 is 34.8 Å². The molecule has 0 bridgehead atoms. The fraction of sp³-hybridized carbons (Fsp3) is 1.00. The highest BCUT2D eigenvalue weighted by Crippen LogP contribution is 2.28. The van der Waals surface area contributed by atoms with Gasteiger partial charge in [0.15, 0.2) is 0 Å². The number of rotatable bonds is 2. The Morgan fingerprint density at radius 2 is 2.00 bits per heavy atom. The summed E-state index contributed by atoms with van der Waals surface area (Å²) >= 11 is 16.1. The van der Waals surface area contributed by atoms with Gasteiger partial charge in [-0.15, -0.1) is 34.8 Å². The number of halogens is 4. The van der Waals surface area contributed by atoms with Crippen LogP contribution in [0.2, 0.25) is 0 Å². The van der Waals surface area contributed by atoms with Crippen LogP contribution in [0.4, 0.5) is 4.39 Å². The summed E-state index contributed by atoms with van der Waals surface area (Å²) in [6.07, 6.45) is 0. The Bertz CT molecular complexity index is 68.2. The van der Waals surface area contributed by atoms with Gasteiger partial charge in [-0.2, -0.15) is 0 Å². The molecule has 0 spiro atoms. The van der Waals surface area contributed by atoms with Gasteiger partial charge in [-0.05, 0) is 6.92 Å². The second-order valence-electron chi connectivity index (χ2n) is 1.58. The average Bonchev–Trinajstić information content (AvgIpc) is 1.62. The first-order valence-electron chi connectivity index (χ1n) is 2.06. The van der Waals surface area contributed by atoms with E-state index in [-0.39, 0.29) is 0 Å². The third kappa shape index (κ3) is 2.95. The lowest BCUT2D eigenvalue weighted by Gasteiger charge is -2.15. The molecular weight excluding hydrogens is 173 g/mol. The highest BCUT2D eigenvalue weighted by Gasteiger charge is 2.27. The minimum Gasteiger partial charge on any atom is -0.249 e. The third-order valence-corrected chi connectivity index (χ3v) is 1.99. The van der Waals surface area contributed by atoms with Gasteiger partial charge in [0.2, 0.25) is 0 Å². The van der Waals surface area contributed by atoms with Gasteiger partial charge in [-0.25, -0.2) is 4.39 Å². The summed E-state index contributed by atoms with van der Waals surface area (Å²) in [5.41, 5.74) is 0. The normalized spacial score (nSPS) is 16.1. The van der Waals surface area contributed by atoms with E-state index in [4.69, 9.17) is 34.8 Å². The van der Waals surface area contributed by atoms with Crippen LogP contribution in [-0.4, -0.2) is 16.4 Å². The molecule has 0 nitrogen and oxygen atoms in total. The molecule has 0 aromatic heterocycles. The van der Waals surface area contributed by atoms with E-state index in [1.165, 1.54) is 6.92 Å². The zero-order valence-electron chi connectivity index (χ0n) is 4.30.